The Morgan fingerprint density at radius 1 is 0.521 bits per heavy atom. The van der Waals surface area contributed by atoms with Crippen molar-refractivity contribution in [3.63, 3.8) is 0 Å². The van der Waals surface area contributed by atoms with Gasteiger partial charge in [0.25, 0.3) is 0 Å². The van der Waals surface area contributed by atoms with E-state index < -0.39 is 151 Å². The first-order chi connectivity index (χ1) is 33.9. The van der Waals surface area contributed by atoms with Crippen molar-refractivity contribution in [3.05, 3.63) is 0 Å². The predicted octanol–water partition coefficient (Wildman–Crippen LogP) is -7.78. The Morgan fingerprint density at radius 3 is 1.33 bits per heavy atom. The van der Waals surface area contributed by atoms with E-state index in [1.807, 2.05) is 13.8 Å². The number of aliphatic hydroxyl groups excluding tert-OH is 2. The van der Waals surface area contributed by atoms with Crippen molar-refractivity contribution in [3.8, 4) is 0 Å². The van der Waals surface area contributed by atoms with Crippen molar-refractivity contribution in [1.82, 2.24) is 42.5 Å². The number of hydrogen-bond donors (Lipinski definition) is 18. The van der Waals surface area contributed by atoms with Crippen molar-refractivity contribution < 1.29 is 73.2 Å². The van der Waals surface area contributed by atoms with E-state index in [9.17, 15) is 73.2 Å². The normalized spacial score (nSPS) is 15.5. The number of primary amides is 1. The highest BCUT2D eigenvalue weighted by Gasteiger charge is 2.37. The van der Waals surface area contributed by atoms with Gasteiger partial charge in [0.15, 0.2) is 11.9 Å². The summed E-state index contributed by atoms with van der Waals surface area (Å²) in [4.78, 5) is 151. The number of nitrogens with one attached hydrogen (secondary N) is 8. The van der Waals surface area contributed by atoms with Crippen molar-refractivity contribution in [2.24, 2.45) is 56.2 Å². The second-order valence-electron chi connectivity index (χ2n) is 17.6. The van der Waals surface area contributed by atoms with Crippen LogP contribution in [0, 0.1) is 11.8 Å². The van der Waals surface area contributed by atoms with E-state index in [-0.39, 0.29) is 63.0 Å². The molecule has 0 aliphatic carbocycles. The van der Waals surface area contributed by atoms with E-state index in [2.05, 4.69) is 52.5 Å². The molecule has 11 atom stereocenters. The van der Waals surface area contributed by atoms with Crippen LogP contribution in [0.1, 0.15) is 92.9 Å². The lowest BCUT2D eigenvalue weighted by Crippen LogP contribution is -2.62. The Morgan fingerprint density at radius 2 is 0.918 bits per heavy atom. The molecule has 0 radical (unpaired) electrons. The van der Waals surface area contributed by atoms with Crippen molar-refractivity contribution in [2.45, 2.75) is 153 Å². The van der Waals surface area contributed by atoms with E-state index in [1.165, 1.54) is 0 Å². The highest BCUT2D eigenvalue weighted by Crippen LogP contribution is 2.12. The molecule has 0 saturated carbocycles. The third-order valence-corrected chi connectivity index (χ3v) is 10.7. The van der Waals surface area contributed by atoms with Crippen molar-refractivity contribution in [2.75, 3.05) is 19.7 Å². The summed E-state index contributed by atoms with van der Waals surface area (Å²) in [6.45, 7) is 7.94. The fourth-order valence-corrected chi connectivity index (χ4v) is 6.49. The third-order valence-electron chi connectivity index (χ3n) is 10.7. The second-order valence-corrected chi connectivity index (χ2v) is 17.6. The smallest absolute Gasteiger partial charge is 0.325 e. The Bertz CT molecular complexity index is 1980. The number of carboxylic acid groups (broad SMARTS) is 2. The average molecular weight is 1050 g/mol. The van der Waals surface area contributed by atoms with Gasteiger partial charge in [-0.3, -0.25) is 62.7 Å². The fraction of sp³-hybridized carbons (Fsp3) is 0.690. The van der Waals surface area contributed by atoms with Gasteiger partial charge < -0.3 is 97.4 Å². The summed E-state index contributed by atoms with van der Waals surface area (Å²) < 4.78 is 0. The molecular formula is C42H76N16O15. The number of carbonyl (C=O) groups excluding carboxylic acids is 9. The van der Waals surface area contributed by atoms with Crippen LogP contribution in [-0.2, 0) is 52.7 Å². The maximum atomic E-state index is 13.8. The van der Waals surface area contributed by atoms with Gasteiger partial charge in [-0.2, -0.15) is 0 Å². The number of aliphatic carboxylic acids is 2. The summed E-state index contributed by atoms with van der Waals surface area (Å²) in [5, 5.41) is 57.8. The number of nitrogens with two attached hydrogens (primary N) is 6. The zero-order valence-electron chi connectivity index (χ0n) is 41.8. The topological polar surface area (TPSA) is 546 Å². The molecule has 0 rings (SSSR count). The minimum Gasteiger partial charge on any atom is -0.481 e. The van der Waals surface area contributed by atoms with E-state index in [4.69, 9.17) is 34.4 Å². The Kier molecular flexibility index (Phi) is 29.9. The molecule has 0 saturated heterocycles. The molecular weight excluding hydrogens is 969 g/mol. The number of aliphatic imine (C=N–C) groups is 2. The lowest BCUT2D eigenvalue weighted by atomic mass is 9.96. The first-order valence-corrected chi connectivity index (χ1v) is 23.3. The monoisotopic (exact) mass is 1040 g/mol. The molecule has 0 aliphatic heterocycles. The second kappa shape index (κ2) is 33.3. The summed E-state index contributed by atoms with van der Waals surface area (Å²) in [6, 6.07) is -14.5. The summed E-state index contributed by atoms with van der Waals surface area (Å²) in [5.74, 6) is -14.2. The van der Waals surface area contributed by atoms with Crippen LogP contribution in [0.15, 0.2) is 9.98 Å². The van der Waals surface area contributed by atoms with Gasteiger partial charge in [-0.1, -0.05) is 34.1 Å². The lowest BCUT2D eigenvalue weighted by Gasteiger charge is -2.29. The first kappa shape index (κ1) is 65.6. The molecule has 0 aromatic rings. The fourth-order valence-electron chi connectivity index (χ4n) is 6.49. The van der Waals surface area contributed by atoms with Gasteiger partial charge in [0.1, 0.15) is 48.3 Å². The Labute approximate surface area is 421 Å². The zero-order chi connectivity index (χ0) is 56.3. The number of hydrogen-bond acceptors (Lipinski definition) is 16. The molecule has 0 spiro atoms. The number of carbonyl (C=O) groups is 11. The molecule has 0 heterocycles. The van der Waals surface area contributed by atoms with Gasteiger partial charge in [-0.25, -0.2) is 0 Å². The molecule has 31 heteroatoms. The number of nitrogens with zero attached hydrogens (tertiary/aromatic N) is 2. The number of amides is 9. The quantitative estimate of drug-likeness (QED) is 0.0159. The molecule has 24 N–H and O–H groups in total. The van der Waals surface area contributed by atoms with Gasteiger partial charge in [-0.15, -0.1) is 0 Å². The number of aliphatic hydroxyl groups is 2. The highest BCUT2D eigenvalue weighted by molar-refractivity contribution is 6.00. The average Bonchev–Trinajstić information content (AvgIpc) is 3.28. The molecule has 0 fully saturated rings. The minimum absolute atomic E-state index is 0.00626. The maximum absolute atomic E-state index is 13.8. The van der Waals surface area contributed by atoms with E-state index in [1.54, 1.807) is 13.8 Å². The maximum Gasteiger partial charge on any atom is 0.325 e. The van der Waals surface area contributed by atoms with Crippen molar-refractivity contribution in [1.29, 1.82) is 0 Å². The summed E-state index contributed by atoms with van der Waals surface area (Å²) >= 11 is 0. The molecule has 9 amide bonds. The largest absolute Gasteiger partial charge is 0.481 e. The zero-order valence-corrected chi connectivity index (χ0v) is 41.8. The van der Waals surface area contributed by atoms with Crippen LogP contribution < -0.4 is 76.9 Å². The summed E-state index contributed by atoms with van der Waals surface area (Å²) in [5.41, 5.74) is 32.8. The van der Waals surface area contributed by atoms with Crippen LogP contribution >= 0.6 is 0 Å². The standard InChI is InChI=1S/C42H76N16O15/c1-7-19(4)30(57-32(64)22(43)14-18(2)3)38(70)55-26(16-29(62)63)36(68)58-31(21(6)60)39(71)54-25(15-28(44)61)35(67)52-24(11-9-13-50-42(47)48)34(66)56-27(17-59)37(69)53-23(10-8-12-49-41(45)46)33(65)51-20(5)40(72)73/h18-27,30-31,59-60H,7-17,43H2,1-6H3,(H2,44,61)(H,51,65)(H,52,67)(H,53,69)(H,54,71)(H,55,70)(H,56,66)(H,57,64)(H,58,68)(H,62,63)(H,72,73)(H4,45,46,49)(H4,47,48,50)/t19-,20-,21+,22-,23-,24-,25-,26-,27-,30-,31-/m0/s1. The number of carboxylic acids is 2. The lowest BCUT2D eigenvalue weighted by molar-refractivity contribution is -0.142. The van der Waals surface area contributed by atoms with E-state index in [0.717, 1.165) is 13.8 Å². The van der Waals surface area contributed by atoms with E-state index in [0.29, 0.717) is 6.42 Å². The van der Waals surface area contributed by atoms with E-state index >= 15 is 0 Å². The Hall–Kier alpha value is -7.41. The summed E-state index contributed by atoms with van der Waals surface area (Å²) in [6.07, 6.45) is -3.64. The SMILES string of the molecule is CC[C@H](C)[C@H](NC(=O)[C@@H](N)CC(C)C)C(=O)N[C@@H](CC(=O)O)C(=O)N[C@H](C(=O)N[C@@H](CC(N)=O)C(=O)N[C@@H](CCCN=C(N)N)C(=O)N[C@@H](CO)C(=O)N[C@@H](CCCN=C(N)N)C(=O)N[C@@H](C)C(=O)O)[C@@H](C)O. The van der Waals surface area contributed by atoms with Gasteiger partial charge in [-0.05, 0) is 57.8 Å². The van der Waals surface area contributed by atoms with Gasteiger partial charge >= 0.3 is 11.9 Å². The molecule has 0 aromatic carbocycles. The molecule has 0 bridgehead atoms. The summed E-state index contributed by atoms with van der Waals surface area (Å²) in [7, 11) is 0. The van der Waals surface area contributed by atoms with Crippen LogP contribution in [-0.4, -0.2) is 178 Å². The highest BCUT2D eigenvalue weighted by atomic mass is 16.4. The minimum atomic E-state index is -2.02. The molecule has 414 valence electrons. The van der Waals surface area contributed by atoms with Crippen LogP contribution in [0.3, 0.4) is 0 Å². The van der Waals surface area contributed by atoms with Crippen LogP contribution in [0.4, 0.5) is 0 Å². The van der Waals surface area contributed by atoms with Gasteiger partial charge in [0.2, 0.25) is 53.2 Å². The van der Waals surface area contributed by atoms with Gasteiger partial charge in [0, 0.05) is 13.1 Å². The third kappa shape index (κ3) is 26.0. The Balaban J connectivity index is 6.66. The predicted molar refractivity (Wildman–Crippen MR) is 260 cm³/mol. The van der Waals surface area contributed by atoms with Crippen LogP contribution in [0.5, 0.6) is 0 Å². The molecule has 0 aliphatic rings. The molecule has 0 unspecified atom stereocenters. The number of guanidine groups is 2. The number of rotatable bonds is 35. The molecule has 73 heavy (non-hydrogen) atoms. The van der Waals surface area contributed by atoms with Crippen molar-refractivity contribution >= 4 is 77.0 Å². The first-order valence-electron chi connectivity index (χ1n) is 23.3. The van der Waals surface area contributed by atoms with Crippen LogP contribution in [0.2, 0.25) is 0 Å². The van der Waals surface area contributed by atoms with Crippen LogP contribution in [0.25, 0.3) is 0 Å². The molecule has 0 aromatic heterocycles. The van der Waals surface area contributed by atoms with Gasteiger partial charge in [0.05, 0.1) is 31.6 Å². The molecule has 31 nitrogen and oxygen atoms in total.